The molecule has 0 aliphatic heterocycles. The zero-order chi connectivity index (χ0) is 16.9. The van der Waals surface area contributed by atoms with Gasteiger partial charge in [-0.1, -0.05) is 64.6 Å². The minimum absolute atomic E-state index is 0.0564. The van der Waals surface area contributed by atoms with Gasteiger partial charge in [-0.25, -0.2) is 4.68 Å². The quantitative estimate of drug-likeness (QED) is 0.650. The summed E-state index contributed by atoms with van der Waals surface area (Å²) in [6.07, 6.45) is 8.52. The Morgan fingerprint density at radius 3 is 2.39 bits per heavy atom. The lowest BCUT2D eigenvalue weighted by atomic mass is 9.96. The van der Waals surface area contributed by atoms with E-state index in [4.69, 9.17) is 5.84 Å². The largest absolute Gasteiger partial charge is 0.353 e. The molecule has 3 N–H and O–H groups in total. The molecule has 1 aromatic heterocycles. The molecule has 1 fully saturated rings. The first-order chi connectivity index (χ1) is 10.9. The summed E-state index contributed by atoms with van der Waals surface area (Å²) in [5.41, 5.74) is -0.165. The number of aromatic nitrogens is 3. The van der Waals surface area contributed by atoms with Crippen LogP contribution in [0.3, 0.4) is 0 Å². The number of carbonyl (C=O) groups is 1. The number of nitrogens with zero attached hydrogens (tertiary/aromatic N) is 3. The van der Waals surface area contributed by atoms with Crippen LogP contribution in [0.5, 0.6) is 0 Å². The van der Waals surface area contributed by atoms with Crippen LogP contribution >= 0.6 is 11.8 Å². The molecule has 0 bridgehead atoms. The van der Waals surface area contributed by atoms with Crippen LogP contribution in [0.25, 0.3) is 0 Å². The highest BCUT2D eigenvalue weighted by molar-refractivity contribution is 7.99. The second kappa shape index (κ2) is 8.04. The van der Waals surface area contributed by atoms with Gasteiger partial charge in [-0.3, -0.25) is 4.79 Å². The number of hydrogen-bond acceptors (Lipinski definition) is 5. The minimum atomic E-state index is -0.165. The Labute approximate surface area is 143 Å². The first-order valence-corrected chi connectivity index (χ1v) is 9.49. The molecule has 1 heterocycles. The molecular formula is C16H29N5OS. The van der Waals surface area contributed by atoms with Crippen molar-refractivity contribution in [1.82, 2.24) is 20.2 Å². The van der Waals surface area contributed by atoms with Crippen molar-refractivity contribution in [3.05, 3.63) is 5.82 Å². The van der Waals surface area contributed by atoms with Gasteiger partial charge in [0, 0.05) is 11.5 Å². The van der Waals surface area contributed by atoms with Crippen LogP contribution in [0.2, 0.25) is 0 Å². The predicted octanol–water partition coefficient (Wildman–Crippen LogP) is 2.61. The summed E-state index contributed by atoms with van der Waals surface area (Å²) in [5, 5.41) is 12.0. The van der Waals surface area contributed by atoms with Gasteiger partial charge < -0.3 is 11.2 Å². The molecule has 0 aromatic carbocycles. The third-order valence-corrected chi connectivity index (χ3v) is 5.08. The SMILES string of the molecule is CC(C)(C)c1nnc(SCC(=O)NC2CCCCCCC2)n1N. The zero-order valence-corrected chi connectivity index (χ0v) is 15.3. The predicted molar refractivity (Wildman–Crippen MR) is 93.8 cm³/mol. The average molecular weight is 340 g/mol. The molecule has 0 radical (unpaired) electrons. The monoisotopic (exact) mass is 339 g/mol. The first-order valence-electron chi connectivity index (χ1n) is 8.51. The fraction of sp³-hybridized carbons (Fsp3) is 0.812. The molecule has 7 heteroatoms. The topological polar surface area (TPSA) is 85.8 Å². The number of nitrogens with two attached hydrogens (primary N) is 1. The van der Waals surface area contributed by atoms with Crippen LogP contribution in [0.15, 0.2) is 5.16 Å². The average Bonchev–Trinajstić information content (AvgIpc) is 2.80. The van der Waals surface area contributed by atoms with Crippen molar-refractivity contribution in [3.8, 4) is 0 Å². The highest BCUT2D eigenvalue weighted by Gasteiger charge is 2.23. The molecule has 0 spiro atoms. The van der Waals surface area contributed by atoms with Crippen molar-refractivity contribution < 1.29 is 4.79 Å². The van der Waals surface area contributed by atoms with Crippen LogP contribution in [-0.2, 0) is 10.2 Å². The van der Waals surface area contributed by atoms with Gasteiger partial charge in [0.15, 0.2) is 5.82 Å². The van der Waals surface area contributed by atoms with Gasteiger partial charge in [-0.15, -0.1) is 10.2 Å². The van der Waals surface area contributed by atoms with E-state index in [1.165, 1.54) is 48.5 Å². The number of carbonyl (C=O) groups excluding carboxylic acids is 1. The Kier molecular flexibility index (Phi) is 6.33. The van der Waals surface area contributed by atoms with Gasteiger partial charge in [-0.05, 0) is 12.8 Å². The summed E-state index contributed by atoms with van der Waals surface area (Å²) in [7, 11) is 0. The Morgan fingerprint density at radius 1 is 1.22 bits per heavy atom. The van der Waals surface area contributed by atoms with Gasteiger partial charge in [0.05, 0.1) is 5.75 Å². The van der Waals surface area contributed by atoms with E-state index in [2.05, 4.69) is 15.5 Å². The fourth-order valence-electron chi connectivity index (χ4n) is 2.89. The minimum Gasteiger partial charge on any atom is -0.353 e. The molecule has 2 rings (SSSR count). The molecule has 0 saturated heterocycles. The maximum Gasteiger partial charge on any atom is 0.230 e. The summed E-state index contributed by atoms with van der Waals surface area (Å²) < 4.78 is 1.49. The number of hydrogen-bond donors (Lipinski definition) is 2. The summed E-state index contributed by atoms with van der Waals surface area (Å²) in [4.78, 5) is 12.2. The van der Waals surface area contributed by atoms with Crippen molar-refractivity contribution in [2.45, 2.75) is 82.3 Å². The summed E-state index contributed by atoms with van der Waals surface area (Å²) >= 11 is 1.34. The lowest BCUT2D eigenvalue weighted by Crippen LogP contribution is -2.36. The highest BCUT2D eigenvalue weighted by Crippen LogP contribution is 2.23. The number of amides is 1. The molecule has 6 nitrogen and oxygen atoms in total. The van der Waals surface area contributed by atoms with Gasteiger partial charge in [-0.2, -0.15) is 0 Å². The maximum absolute atomic E-state index is 12.2. The number of thioether (sulfide) groups is 1. The van der Waals surface area contributed by atoms with E-state index < -0.39 is 0 Å². The van der Waals surface area contributed by atoms with Gasteiger partial charge >= 0.3 is 0 Å². The van der Waals surface area contributed by atoms with Crippen molar-refractivity contribution in [1.29, 1.82) is 0 Å². The zero-order valence-electron chi connectivity index (χ0n) is 14.5. The third-order valence-electron chi connectivity index (χ3n) is 4.14. The molecule has 1 aromatic rings. The Morgan fingerprint density at radius 2 is 1.83 bits per heavy atom. The van der Waals surface area contributed by atoms with Gasteiger partial charge in [0.25, 0.3) is 0 Å². The van der Waals surface area contributed by atoms with Crippen molar-refractivity contribution in [2.24, 2.45) is 0 Å². The second-order valence-corrected chi connectivity index (χ2v) is 8.27. The lowest BCUT2D eigenvalue weighted by molar-refractivity contribution is -0.119. The van der Waals surface area contributed by atoms with E-state index in [9.17, 15) is 4.79 Å². The standard InChI is InChI=1S/C16H29N5OS/c1-16(2,3)14-19-20-15(21(14)17)23-11-13(22)18-12-9-7-5-4-6-8-10-12/h12H,4-11,17H2,1-3H3,(H,18,22). The molecular weight excluding hydrogens is 310 g/mol. The highest BCUT2D eigenvalue weighted by atomic mass is 32.2. The molecule has 1 saturated carbocycles. The van der Waals surface area contributed by atoms with E-state index in [0.29, 0.717) is 17.0 Å². The molecule has 0 atom stereocenters. The Hall–Kier alpha value is -1.24. The fourth-order valence-corrected chi connectivity index (χ4v) is 3.55. The van der Waals surface area contributed by atoms with E-state index in [-0.39, 0.29) is 11.3 Å². The van der Waals surface area contributed by atoms with E-state index in [0.717, 1.165) is 18.7 Å². The van der Waals surface area contributed by atoms with Crippen LogP contribution in [0.4, 0.5) is 0 Å². The first kappa shape index (κ1) is 18.1. The second-order valence-electron chi connectivity index (χ2n) is 7.32. The number of rotatable bonds is 4. The molecule has 1 aliphatic carbocycles. The smallest absolute Gasteiger partial charge is 0.230 e. The van der Waals surface area contributed by atoms with Gasteiger partial charge in [0.1, 0.15) is 0 Å². The molecule has 23 heavy (non-hydrogen) atoms. The summed E-state index contributed by atoms with van der Waals surface area (Å²) in [6.45, 7) is 6.11. The Balaban J connectivity index is 1.83. The lowest BCUT2D eigenvalue weighted by Gasteiger charge is -2.21. The van der Waals surface area contributed by atoms with Crippen LogP contribution in [-0.4, -0.2) is 32.6 Å². The van der Waals surface area contributed by atoms with E-state index in [1.807, 2.05) is 20.8 Å². The van der Waals surface area contributed by atoms with Gasteiger partial charge in [0.2, 0.25) is 11.1 Å². The number of nitrogens with one attached hydrogen (secondary N) is 1. The molecule has 0 unspecified atom stereocenters. The van der Waals surface area contributed by atoms with Crippen molar-refractivity contribution in [3.63, 3.8) is 0 Å². The summed E-state index contributed by atoms with van der Waals surface area (Å²) in [5.74, 6) is 7.15. The third kappa shape index (κ3) is 5.41. The molecule has 1 aliphatic rings. The van der Waals surface area contributed by atoms with Crippen LogP contribution in [0.1, 0.15) is 71.5 Å². The van der Waals surface area contributed by atoms with Crippen LogP contribution in [0, 0.1) is 0 Å². The van der Waals surface area contributed by atoms with Crippen molar-refractivity contribution in [2.75, 3.05) is 11.6 Å². The van der Waals surface area contributed by atoms with Crippen molar-refractivity contribution >= 4 is 17.7 Å². The Bertz CT molecular complexity index is 515. The summed E-state index contributed by atoms with van der Waals surface area (Å²) in [6, 6.07) is 0.323. The normalized spacial score (nSPS) is 17.5. The van der Waals surface area contributed by atoms with Crippen LogP contribution < -0.4 is 11.2 Å². The van der Waals surface area contributed by atoms with E-state index >= 15 is 0 Å². The molecule has 1 amide bonds. The van der Waals surface area contributed by atoms with E-state index in [1.54, 1.807) is 0 Å². The molecule has 130 valence electrons. The maximum atomic E-state index is 12.2. The number of nitrogen functional groups attached to an aromatic ring is 1.